The summed E-state index contributed by atoms with van der Waals surface area (Å²) in [5.74, 6) is -0.969. The number of halogens is 1. The maximum Gasteiger partial charge on any atom is 0.329 e. The van der Waals surface area contributed by atoms with Gasteiger partial charge in [0.15, 0.2) is 0 Å². The molecule has 0 bridgehead atoms. The van der Waals surface area contributed by atoms with Crippen LogP contribution >= 0.6 is 15.9 Å². The monoisotopic (exact) mass is 340 g/mol. The molecule has 1 fully saturated rings. The van der Waals surface area contributed by atoms with Gasteiger partial charge in [-0.15, -0.1) is 0 Å². The Kier molecular flexibility index (Phi) is 4.04. The van der Waals surface area contributed by atoms with E-state index in [1.807, 2.05) is 26.0 Å². The number of nitrogens with one attached hydrogen (secondary N) is 2. The minimum Gasteiger partial charge on any atom is -0.480 e. The maximum atomic E-state index is 12.0. The largest absolute Gasteiger partial charge is 0.480 e. The number of hydrogen-bond acceptors (Lipinski definition) is 2. The van der Waals surface area contributed by atoms with Crippen molar-refractivity contribution in [3.63, 3.8) is 0 Å². The Labute approximate surface area is 125 Å². The summed E-state index contributed by atoms with van der Waals surface area (Å²) in [5.41, 5.74) is 1.46. The van der Waals surface area contributed by atoms with Crippen LogP contribution in [0.5, 0.6) is 0 Å². The summed E-state index contributed by atoms with van der Waals surface area (Å²) in [5, 5.41) is 14.5. The molecule has 6 heteroatoms. The van der Waals surface area contributed by atoms with Crippen LogP contribution in [0.2, 0.25) is 0 Å². The summed E-state index contributed by atoms with van der Waals surface area (Å²) in [6, 6.07) is 3.33. The van der Waals surface area contributed by atoms with Crippen LogP contribution in [0.1, 0.15) is 30.4 Å². The third kappa shape index (κ3) is 2.80. The molecule has 0 radical (unpaired) electrons. The highest BCUT2D eigenvalue weighted by molar-refractivity contribution is 9.10. The van der Waals surface area contributed by atoms with E-state index in [4.69, 9.17) is 0 Å². The van der Waals surface area contributed by atoms with Gasteiger partial charge in [0, 0.05) is 10.2 Å². The van der Waals surface area contributed by atoms with Crippen molar-refractivity contribution in [3.05, 3.63) is 27.7 Å². The lowest BCUT2D eigenvalue weighted by Crippen LogP contribution is -2.60. The summed E-state index contributed by atoms with van der Waals surface area (Å²) in [6.07, 6.45) is 1.78. The fourth-order valence-electron chi connectivity index (χ4n) is 2.39. The van der Waals surface area contributed by atoms with E-state index in [1.165, 1.54) is 0 Å². The van der Waals surface area contributed by atoms with Crippen molar-refractivity contribution in [3.8, 4) is 0 Å². The van der Waals surface area contributed by atoms with Crippen LogP contribution in [0.4, 0.5) is 10.5 Å². The molecular formula is C14H17BrN2O3. The number of aliphatic carboxylic acids is 1. The second-order valence-corrected chi connectivity index (χ2v) is 6.15. The van der Waals surface area contributed by atoms with Gasteiger partial charge in [0.05, 0.1) is 0 Å². The zero-order valence-corrected chi connectivity index (χ0v) is 13.0. The van der Waals surface area contributed by atoms with Crippen LogP contribution < -0.4 is 10.6 Å². The average Bonchev–Trinajstić information content (AvgIpc) is 2.28. The third-order valence-corrected chi connectivity index (χ3v) is 4.16. The lowest BCUT2D eigenvalue weighted by atomic mass is 9.77. The number of urea groups is 1. The highest BCUT2D eigenvalue weighted by atomic mass is 79.9. The molecule has 0 unspecified atom stereocenters. The van der Waals surface area contributed by atoms with E-state index < -0.39 is 17.5 Å². The molecule has 20 heavy (non-hydrogen) atoms. The Bertz CT molecular complexity index is 545. The summed E-state index contributed by atoms with van der Waals surface area (Å²) in [7, 11) is 0. The number of carboxylic acids is 1. The maximum absolute atomic E-state index is 12.0. The fourth-order valence-corrected chi connectivity index (χ4v) is 3.08. The van der Waals surface area contributed by atoms with Gasteiger partial charge in [-0.1, -0.05) is 15.9 Å². The van der Waals surface area contributed by atoms with Crippen molar-refractivity contribution in [2.24, 2.45) is 0 Å². The molecule has 1 aliphatic rings. The van der Waals surface area contributed by atoms with Crippen molar-refractivity contribution in [1.29, 1.82) is 0 Å². The molecule has 0 spiro atoms. The summed E-state index contributed by atoms with van der Waals surface area (Å²) in [4.78, 5) is 23.2. The molecule has 2 rings (SSSR count). The number of benzene rings is 1. The van der Waals surface area contributed by atoms with E-state index in [1.54, 1.807) is 0 Å². The van der Waals surface area contributed by atoms with Crippen molar-refractivity contribution < 1.29 is 14.7 Å². The molecule has 3 N–H and O–H groups in total. The molecule has 0 atom stereocenters. The molecule has 0 aromatic heterocycles. The van der Waals surface area contributed by atoms with E-state index in [-0.39, 0.29) is 0 Å². The number of hydrogen-bond donors (Lipinski definition) is 3. The van der Waals surface area contributed by atoms with Crippen LogP contribution in [0, 0.1) is 13.8 Å². The quantitative estimate of drug-likeness (QED) is 0.790. The van der Waals surface area contributed by atoms with Gasteiger partial charge in [-0.05, 0) is 56.4 Å². The number of carbonyl (C=O) groups excluding carboxylic acids is 1. The summed E-state index contributed by atoms with van der Waals surface area (Å²) in [6.45, 7) is 3.79. The smallest absolute Gasteiger partial charge is 0.329 e. The van der Waals surface area contributed by atoms with E-state index in [9.17, 15) is 14.7 Å². The van der Waals surface area contributed by atoms with Gasteiger partial charge in [-0.3, -0.25) is 0 Å². The van der Waals surface area contributed by atoms with Crippen molar-refractivity contribution in [2.45, 2.75) is 38.6 Å². The number of anilines is 1. The van der Waals surface area contributed by atoms with Crippen molar-refractivity contribution >= 4 is 33.6 Å². The molecule has 0 aliphatic heterocycles. The first-order chi connectivity index (χ1) is 9.34. The predicted octanol–water partition coefficient (Wildman–Crippen LogP) is 3.19. The van der Waals surface area contributed by atoms with Crippen LogP contribution in [-0.4, -0.2) is 22.6 Å². The Hall–Kier alpha value is -1.56. The first kappa shape index (κ1) is 14.8. The highest BCUT2D eigenvalue weighted by Gasteiger charge is 2.45. The van der Waals surface area contributed by atoms with Gasteiger partial charge in [-0.25, -0.2) is 9.59 Å². The van der Waals surface area contributed by atoms with Gasteiger partial charge >= 0.3 is 12.0 Å². The molecule has 0 saturated heterocycles. The van der Waals surface area contributed by atoms with E-state index >= 15 is 0 Å². The molecule has 108 valence electrons. The molecule has 5 nitrogen and oxygen atoms in total. The van der Waals surface area contributed by atoms with Gasteiger partial charge in [0.2, 0.25) is 0 Å². The normalized spacial score (nSPS) is 16.1. The van der Waals surface area contributed by atoms with E-state index in [2.05, 4.69) is 26.6 Å². The fraction of sp³-hybridized carbons (Fsp3) is 0.429. The SMILES string of the molecule is Cc1cc(Br)cc(C)c1NC(=O)NC1(C(=O)O)CCC1. The zero-order chi connectivity index (χ0) is 14.9. The lowest BCUT2D eigenvalue weighted by molar-refractivity contribution is -0.148. The lowest BCUT2D eigenvalue weighted by Gasteiger charge is -2.38. The molecule has 2 amide bonds. The van der Waals surface area contributed by atoms with Crippen molar-refractivity contribution in [2.75, 3.05) is 5.32 Å². The minimum absolute atomic E-state index is 0.472. The average molecular weight is 341 g/mol. The van der Waals surface area contributed by atoms with Gasteiger partial charge in [0.25, 0.3) is 0 Å². The number of aryl methyl sites for hydroxylation is 2. The molecule has 1 aromatic carbocycles. The first-order valence-electron chi connectivity index (χ1n) is 6.43. The third-order valence-electron chi connectivity index (χ3n) is 3.71. The summed E-state index contributed by atoms with van der Waals surface area (Å²) >= 11 is 3.40. The number of rotatable bonds is 3. The second kappa shape index (κ2) is 5.44. The van der Waals surface area contributed by atoms with Gasteiger partial charge in [0.1, 0.15) is 5.54 Å². The topological polar surface area (TPSA) is 78.4 Å². The van der Waals surface area contributed by atoms with Crippen LogP contribution in [0.25, 0.3) is 0 Å². The number of carboxylic acid groups (broad SMARTS) is 1. The highest BCUT2D eigenvalue weighted by Crippen LogP contribution is 2.32. The Balaban J connectivity index is 2.11. The van der Waals surface area contributed by atoms with Crippen LogP contribution in [0.3, 0.4) is 0 Å². The second-order valence-electron chi connectivity index (χ2n) is 5.23. The number of amides is 2. The Morgan fingerprint density at radius 3 is 2.20 bits per heavy atom. The molecule has 1 aromatic rings. The van der Waals surface area contributed by atoms with Gasteiger partial charge in [-0.2, -0.15) is 0 Å². The van der Waals surface area contributed by atoms with Crippen LogP contribution in [0.15, 0.2) is 16.6 Å². The molecule has 1 aliphatic carbocycles. The standard InChI is InChI=1S/C14H17BrN2O3/c1-8-6-10(15)7-9(2)11(8)16-13(20)17-14(12(18)19)4-3-5-14/h6-7H,3-5H2,1-2H3,(H,18,19)(H2,16,17,20). The number of carbonyl (C=O) groups is 2. The molecule has 0 heterocycles. The van der Waals surface area contributed by atoms with E-state index in [0.717, 1.165) is 22.0 Å². The Morgan fingerprint density at radius 1 is 1.25 bits per heavy atom. The first-order valence-corrected chi connectivity index (χ1v) is 7.23. The Morgan fingerprint density at radius 2 is 1.80 bits per heavy atom. The van der Waals surface area contributed by atoms with Crippen LogP contribution in [-0.2, 0) is 4.79 Å². The van der Waals surface area contributed by atoms with Crippen molar-refractivity contribution in [1.82, 2.24) is 5.32 Å². The zero-order valence-electron chi connectivity index (χ0n) is 11.4. The van der Waals surface area contributed by atoms with Gasteiger partial charge < -0.3 is 15.7 Å². The predicted molar refractivity (Wildman–Crippen MR) is 80.0 cm³/mol. The molecule has 1 saturated carbocycles. The minimum atomic E-state index is -1.10. The summed E-state index contributed by atoms with van der Waals surface area (Å²) < 4.78 is 0.944. The van der Waals surface area contributed by atoms with E-state index in [0.29, 0.717) is 18.5 Å². The molecular weight excluding hydrogens is 324 g/mol.